The number of anilines is 1. The minimum Gasteiger partial charge on any atom is -0.324 e. The van der Waals surface area contributed by atoms with Crippen LogP contribution in [-0.4, -0.2) is 29.3 Å². The number of para-hydroxylation sites is 1. The van der Waals surface area contributed by atoms with Crippen LogP contribution in [-0.2, 0) is 15.1 Å². The van der Waals surface area contributed by atoms with Crippen molar-refractivity contribution in [2.24, 2.45) is 0 Å². The van der Waals surface area contributed by atoms with Gasteiger partial charge in [0.1, 0.15) is 12.1 Å². The molecule has 0 saturated carbocycles. The van der Waals surface area contributed by atoms with Gasteiger partial charge < -0.3 is 10.6 Å². The number of halogens is 1. The van der Waals surface area contributed by atoms with Crippen molar-refractivity contribution in [3.05, 3.63) is 64.2 Å². The molecule has 31 heavy (non-hydrogen) atoms. The van der Waals surface area contributed by atoms with Crippen LogP contribution in [0.4, 0.5) is 10.5 Å². The molecule has 164 valence electrons. The number of nitrogens with zero attached hydrogens (tertiary/aromatic N) is 1. The largest absolute Gasteiger partial charge is 0.325 e. The maximum atomic E-state index is 13.1. The Labute approximate surface area is 188 Å². The molecule has 0 bridgehead atoms. The van der Waals surface area contributed by atoms with E-state index >= 15 is 0 Å². The van der Waals surface area contributed by atoms with Gasteiger partial charge in [0.05, 0.1) is 0 Å². The Morgan fingerprint density at radius 1 is 1.03 bits per heavy atom. The van der Waals surface area contributed by atoms with Gasteiger partial charge in [-0.1, -0.05) is 69.6 Å². The van der Waals surface area contributed by atoms with Crippen molar-refractivity contribution in [2.75, 3.05) is 11.9 Å². The molecule has 7 heteroatoms. The van der Waals surface area contributed by atoms with Gasteiger partial charge >= 0.3 is 6.03 Å². The van der Waals surface area contributed by atoms with Gasteiger partial charge in [0.2, 0.25) is 5.91 Å². The summed E-state index contributed by atoms with van der Waals surface area (Å²) in [5.74, 6) is -0.479. The minimum atomic E-state index is -1.25. The highest BCUT2D eigenvalue weighted by atomic mass is 35.5. The van der Waals surface area contributed by atoms with Crippen molar-refractivity contribution in [3.8, 4) is 0 Å². The van der Waals surface area contributed by atoms with E-state index in [1.54, 1.807) is 31.2 Å². The topological polar surface area (TPSA) is 78.5 Å². The molecule has 6 nitrogen and oxygen atoms in total. The van der Waals surface area contributed by atoms with Crippen LogP contribution < -0.4 is 10.6 Å². The molecule has 3 rings (SSSR count). The Bertz CT molecular complexity index is 991. The summed E-state index contributed by atoms with van der Waals surface area (Å²) in [6.07, 6.45) is 0. The first kappa shape index (κ1) is 22.8. The fourth-order valence-electron chi connectivity index (χ4n) is 3.84. The SMILES string of the molecule is CC(C)c1cccc(C(C)C)c1NC(=O)CN1C(=O)NC(C)(c2ccc(Cl)cc2)C1=O. The van der Waals surface area contributed by atoms with Crippen LogP contribution in [0.15, 0.2) is 42.5 Å². The first-order chi connectivity index (χ1) is 14.5. The molecule has 1 unspecified atom stereocenters. The van der Waals surface area contributed by atoms with E-state index in [9.17, 15) is 14.4 Å². The van der Waals surface area contributed by atoms with E-state index in [1.807, 2.05) is 18.2 Å². The quantitative estimate of drug-likeness (QED) is 0.619. The molecule has 1 heterocycles. The Balaban J connectivity index is 1.83. The Kier molecular flexibility index (Phi) is 6.41. The monoisotopic (exact) mass is 441 g/mol. The summed E-state index contributed by atoms with van der Waals surface area (Å²) in [4.78, 5) is 39.5. The van der Waals surface area contributed by atoms with Gasteiger partial charge in [0, 0.05) is 10.7 Å². The van der Waals surface area contributed by atoms with Crippen molar-refractivity contribution in [2.45, 2.75) is 52.0 Å². The number of rotatable bonds is 6. The molecule has 4 amide bonds. The summed E-state index contributed by atoms with van der Waals surface area (Å²) in [5, 5.41) is 6.20. The van der Waals surface area contributed by atoms with Crippen LogP contribution in [0.1, 0.15) is 63.1 Å². The number of benzene rings is 2. The van der Waals surface area contributed by atoms with Gasteiger partial charge in [0.15, 0.2) is 0 Å². The van der Waals surface area contributed by atoms with Gasteiger partial charge in [-0.3, -0.25) is 14.5 Å². The summed E-state index contributed by atoms with van der Waals surface area (Å²) >= 11 is 5.94. The first-order valence-electron chi connectivity index (χ1n) is 10.4. The molecular weight excluding hydrogens is 414 g/mol. The molecule has 2 aromatic carbocycles. The van der Waals surface area contributed by atoms with E-state index in [4.69, 9.17) is 11.6 Å². The normalized spacial score (nSPS) is 18.6. The lowest BCUT2D eigenvalue weighted by atomic mass is 9.92. The zero-order chi connectivity index (χ0) is 22.9. The summed E-state index contributed by atoms with van der Waals surface area (Å²) in [6, 6.07) is 12.1. The maximum absolute atomic E-state index is 13.1. The molecule has 0 radical (unpaired) electrons. The average molecular weight is 442 g/mol. The zero-order valence-corrected chi connectivity index (χ0v) is 19.2. The van der Waals surface area contributed by atoms with Gasteiger partial charge in [0.25, 0.3) is 5.91 Å². The number of imide groups is 1. The highest BCUT2D eigenvalue weighted by Crippen LogP contribution is 2.33. The smallest absolute Gasteiger partial charge is 0.324 e. The summed E-state index contributed by atoms with van der Waals surface area (Å²) in [5.41, 5.74) is 2.14. The Morgan fingerprint density at radius 2 is 1.58 bits per heavy atom. The molecule has 1 aliphatic heterocycles. The number of hydrogen-bond acceptors (Lipinski definition) is 3. The van der Waals surface area contributed by atoms with Crippen LogP contribution >= 0.6 is 11.6 Å². The van der Waals surface area contributed by atoms with Crippen LogP contribution in [0.3, 0.4) is 0 Å². The van der Waals surface area contributed by atoms with Crippen LogP contribution in [0, 0.1) is 0 Å². The number of amides is 4. The van der Waals surface area contributed by atoms with Crippen molar-refractivity contribution < 1.29 is 14.4 Å². The van der Waals surface area contributed by atoms with E-state index in [1.165, 1.54) is 0 Å². The number of carbonyl (C=O) groups is 3. The lowest BCUT2D eigenvalue weighted by Crippen LogP contribution is -2.42. The van der Waals surface area contributed by atoms with Crippen LogP contribution in [0.2, 0.25) is 5.02 Å². The first-order valence-corrected chi connectivity index (χ1v) is 10.7. The molecule has 0 spiro atoms. The fourth-order valence-corrected chi connectivity index (χ4v) is 3.96. The Morgan fingerprint density at radius 3 is 2.10 bits per heavy atom. The van der Waals surface area contributed by atoms with Crippen molar-refractivity contribution >= 4 is 35.1 Å². The summed E-state index contributed by atoms with van der Waals surface area (Å²) in [7, 11) is 0. The second-order valence-electron chi connectivity index (χ2n) is 8.62. The molecule has 1 saturated heterocycles. The third-order valence-corrected chi connectivity index (χ3v) is 5.89. The Hall–Kier alpha value is -2.86. The van der Waals surface area contributed by atoms with Crippen molar-refractivity contribution in [3.63, 3.8) is 0 Å². The molecule has 2 aromatic rings. The summed E-state index contributed by atoms with van der Waals surface area (Å²) in [6.45, 7) is 9.50. The third kappa shape index (κ3) is 4.44. The van der Waals surface area contributed by atoms with Crippen LogP contribution in [0.5, 0.6) is 0 Å². The standard InChI is InChI=1S/C24H28ClN3O3/c1-14(2)18-7-6-8-19(15(3)4)21(18)26-20(29)13-28-22(30)24(5,27-23(28)31)16-9-11-17(25)12-10-16/h6-12,14-15H,13H2,1-5H3,(H,26,29)(H,27,31). The van der Waals surface area contributed by atoms with Gasteiger partial charge in [-0.15, -0.1) is 0 Å². The molecule has 2 N–H and O–H groups in total. The fraction of sp³-hybridized carbons (Fsp3) is 0.375. The average Bonchev–Trinajstić information content (AvgIpc) is 2.92. The molecule has 0 aromatic heterocycles. The van der Waals surface area contributed by atoms with E-state index in [0.717, 1.165) is 21.7 Å². The summed E-state index contributed by atoms with van der Waals surface area (Å²) < 4.78 is 0. The predicted octanol–water partition coefficient (Wildman–Crippen LogP) is 4.99. The molecule has 1 aliphatic rings. The van der Waals surface area contributed by atoms with E-state index in [0.29, 0.717) is 10.6 Å². The van der Waals surface area contributed by atoms with E-state index < -0.39 is 23.4 Å². The molecule has 0 aliphatic carbocycles. The maximum Gasteiger partial charge on any atom is 0.325 e. The lowest BCUT2D eigenvalue weighted by Gasteiger charge is -2.23. The van der Waals surface area contributed by atoms with Crippen LogP contribution in [0.25, 0.3) is 0 Å². The van der Waals surface area contributed by atoms with Crippen molar-refractivity contribution in [1.29, 1.82) is 0 Å². The molecule has 1 fully saturated rings. The highest BCUT2D eigenvalue weighted by molar-refractivity contribution is 6.30. The predicted molar refractivity (Wildman–Crippen MR) is 122 cm³/mol. The van der Waals surface area contributed by atoms with Gasteiger partial charge in [-0.05, 0) is 47.6 Å². The molecule has 1 atom stereocenters. The number of carbonyl (C=O) groups excluding carboxylic acids is 3. The van der Waals surface area contributed by atoms with Crippen molar-refractivity contribution in [1.82, 2.24) is 10.2 Å². The minimum absolute atomic E-state index is 0.207. The van der Waals surface area contributed by atoms with E-state index in [2.05, 4.69) is 38.3 Å². The highest BCUT2D eigenvalue weighted by Gasteiger charge is 2.49. The second kappa shape index (κ2) is 8.71. The number of hydrogen-bond donors (Lipinski definition) is 2. The number of urea groups is 1. The number of nitrogens with one attached hydrogen (secondary N) is 2. The molecular formula is C24H28ClN3O3. The lowest BCUT2D eigenvalue weighted by molar-refractivity contribution is -0.133. The van der Waals surface area contributed by atoms with E-state index in [-0.39, 0.29) is 18.4 Å². The zero-order valence-electron chi connectivity index (χ0n) is 18.5. The van der Waals surface area contributed by atoms with Gasteiger partial charge in [-0.2, -0.15) is 0 Å². The van der Waals surface area contributed by atoms with Gasteiger partial charge in [-0.25, -0.2) is 4.79 Å². The third-order valence-electron chi connectivity index (χ3n) is 5.64. The second-order valence-corrected chi connectivity index (χ2v) is 9.06.